The molecule has 0 amide bonds. The Bertz CT molecular complexity index is 1480. The van der Waals surface area contributed by atoms with Gasteiger partial charge in [-0.15, -0.1) is 0 Å². The summed E-state index contributed by atoms with van der Waals surface area (Å²) < 4.78 is 3.86. The smallest absolute Gasteiger partial charge is 0.253 e. The monoisotopic (exact) mass is 487 g/mol. The molecule has 0 atom stereocenters. The first-order chi connectivity index (χ1) is 17.0. The van der Waals surface area contributed by atoms with Crippen LogP contribution in [0.3, 0.4) is 0 Å². The SMILES string of the molecule is Cc1cc2c(N3CCCc4cc(-c5cnn(C6CCNCC6)c5)c(Cl)cc43)cccc2n(C)c1=O. The first-order valence-electron chi connectivity index (χ1n) is 12.5. The molecule has 1 fully saturated rings. The van der Waals surface area contributed by atoms with Crippen LogP contribution in [0, 0.1) is 6.92 Å². The molecule has 0 spiro atoms. The standard InChI is InChI=1S/C28H30ClN5O/c1-18-13-23-25(32(2)28(18)35)6-3-7-26(23)33-12-4-5-19-14-22(24(29)15-27(19)33)20-16-31-34(17-20)21-8-10-30-11-9-21/h3,6-7,13-17,21,30H,4-5,8-12H2,1-2H3. The van der Waals surface area contributed by atoms with Gasteiger partial charge < -0.3 is 14.8 Å². The van der Waals surface area contributed by atoms with Gasteiger partial charge in [0.15, 0.2) is 0 Å². The van der Waals surface area contributed by atoms with Gasteiger partial charge in [-0.25, -0.2) is 0 Å². The van der Waals surface area contributed by atoms with E-state index >= 15 is 0 Å². The summed E-state index contributed by atoms with van der Waals surface area (Å²) in [5.41, 5.74) is 7.42. The van der Waals surface area contributed by atoms with Crippen molar-refractivity contribution in [2.24, 2.45) is 7.05 Å². The zero-order valence-electron chi connectivity index (χ0n) is 20.2. The summed E-state index contributed by atoms with van der Waals surface area (Å²) in [4.78, 5) is 14.9. The molecule has 2 aromatic carbocycles. The molecule has 2 aliphatic heterocycles. The Morgan fingerprint density at radius 3 is 2.77 bits per heavy atom. The van der Waals surface area contributed by atoms with Crippen molar-refractivity contribution >= 4 is 33.9 Å². The number of pyridine rings is 1. The van der Waals surface area contributed by atoms with Gasteiger partial charge in [0.2, 0.25) is 0 Å². The lowest BCUT2D eigenvalue weighted by atomic mass is 9.96. The lowest BCUT2D eigenvalue weighted by Crippen LogP contribution is -2.29. The number of nitrogens with zero attached hydrogens (tertiary/aromatic N) is 4. The summed E-state index contributed by atoms with van der Waals surface area (Å²) in [6.07, 6.45) is 8.38. The van der Waals surface area contributed by atoms with E-state index in [2.05, 4.69) is 44.4 Å². The Labute approximate surface area is 210 Å². The van der Waals surface area contributed by atoms with Crippen molar-refractivity contribution < 1.29 is 0 Å². The number of rotatable bonds is 3. The van der Waals surface area contributed by atoms with E-state index < -0.39 is 0 Å². The number of benzene rings is 2. The highest BCUT2D eigenvalue weighted by Crippen LogP contribution is 2.42. The number of nitrogens with one attached hydrogen (secondary N) is 1. The van der Waals surface area contributed by atoms with Crippen LogP contribution in [0.1, 0.15) is 36.4 Å². The Morgan fingerprint density at radius 2 is 1.94 bits per heavy atom. The summed E-state index contributed by atoms with van der Waals surface area (Å²) in [5, 5.41) is 9.93. The first-order valence-corrected chi connectivity index (χ1v) is 12.8. The molecule has 0 saturated carbocycles. The van der Waals surface area contributed by atoms with Gasteiger partial charge >= 0.3 is 0 Å². The second-order valence-corrected chi connectivity index (χ2v) is 10.2. The third-order valence-corrected chi connectivity index (χ3v) is 7.91. The second kappa shape index (κ2) is 8.85. The van der Waals surface area contributed by atoms with Crippen molar-refractivity contribution in [3.05, 3.63) is 75.3 Å². The van der Waals surface area contributed by atoms with E-state index in [0.717, 1.165) is 89.3 Å². The minimum Gasteiger partial charge on any atom is -0.341 e. The minimum absolute atomic E-state index is 0.0476. The molecule has 4 heterocycles. The molecule has 2 aromatic heterocycles. The molecule has 0 unspecified atom stereocenters. The highest BCUT2D eigenvalue weighted by Gasteiger charge is 2.24. The van der Waals surface area contributed by atoms with Gasteiger partial charge in [-0.2, -0.15) is 5.10 Å². The summed E-state index contributed by atoms with van der Waals surface area (Å²) in [6.45, 7) is 4.88. The number of fused-ring (bicyclic) bond motifs is 2. The quantitative estimate of drug-likeness (QED) is 0.422. The number of piperidine rings is 1. The Hall–Kier alpha value is -3.09. The lowest BCUT2D eigenvalue weighted by molar-refractivity contribution is 0.343. The Kier molecular flexibility index (Phi) is 5.66. The summed E-state index contributed by atoms with van der Waals surface area (Å²) in [7, 11) is 1.85. The van der Waals surface area contributed by atoms with Crippen LogP contribution in [-0.2, 0) is 13.5 Å². The Balaban J connectivity index is 1.41. The van der Waals surface area contributed by atoms with Crippen LogP contribution in [-0.4, -0.2) is 34.0 Å². The summed E-state index contributed by atoms with van der Waals surface area (Å²) in [6, 6.07) is 13.0. The maximum atomic E-state index is 12.5. The van der Waals surface area contributed by atoms with Gasteiger partial charge in [0.25, 0.3) is 5.56 Å². The zero-order valence-corrected chi connectivity index (χ0v) is 21.0. The zero-order chi connectivity index (χ0) is 24.1. The molecule has 1 N–H and O–H groups in total. The third-order valence-electron chi connectivity index (χ3n) is 7.60. The van der Waals surface area contributed by atoms with E-state index in [1.807, 2.05) is 38.4 Å². The molecule has 7 heteroatoms. The van der Waals surface area contributed by atoms with Gasteiger partial charge in [-0.1, -0.05) is 17.7 Å². The fourth-order valence-corrected chi connectivity index (χ4v) is 5.96. The van der Waals surface area contributed by atoms with Crippen LogP contribution in [0.5, 0.6) is 0 Å². The molecule has 180 valence electrons. The van der Waals surface area contributed by atoms with Crippen LogP contribution < -0.4 is 15.8 Å². The van der Waals surface area contributed by atoms with Crippen molar-refractivity contribution in [3.8, 4) is 11.1 Å². The molecule has 4 aromatic rings. The fourth-order valence-electron chi connectivity index (χ4n) is 5.70. The average molecular weight is 488 g/mol. The normalized spacial score (nSPS) is 16.6. The molecule has 6 nitrogen and oxygen atoms in total. The molecule has 0 aliphatic carbocycles. The average Bonchev–Trinajstić information content (AvgIpc) is 3.37. The van der Waals surface area contributed by atoms with Crippen LogP contribution in [0.2, 0.25) is 5.02 Å². The molecular formula is C28H30ClN5O. The maximum Gasteiger partial charge on any atom is 0.253 e. The third kappa shape index (κ3) is 3.85. The van der Waals surface area contributed by atoms with E-state index in [1.165, 1.54) is 5.56 Å². The van der Waals surface area contributed by atoms with Gasteiger partial charge in [0.05, 0.1) is 28.5 Å². The van der Waals surface area contributed by atoms with Crippen LogP contribution >= 0.6 is 11.6 Å². The van der Waals surface area contributed by atoms with Gasteiger partial charge in [-0.05, 0) is 81.6 Å². The predicted octanol–water partition coefficient (Wildman–Crippen LogP) is 5.37. The molecule has 1 saturated heterocycles. The lowest BCUT2D eigenvalue weighted by Gasteiger charge is -2.33. The van der Waals surface area contributed by atoms with Gasteiger partial charge in [-0.3, -0.25) is 9.48 Å². The number of anilines is 2. The van der Waals surface area contributed by atoms with E-state index in [0.29, 0.717) is 6.04 Å². The molecule has 6 rings (SSSR count). The number of halogens is 1. The van der Waals surface area contributed by atoms with Gasteiger partial charge in [0, 0.05) is 47.6 Å². The largest absolute Gasteiger partial charge is 0.341 e. The molecule has 2 aliphatic rings. The molecule has 35 heavy (non-hydrogen) atoms. The van der Waals surface area contributed by atoms with E-state index in [4.69, 9.17) is 11.6 Å². The van der Waals surface area contributed by atoms with Crippen molar-refractivity contribution in [2.75, 3.05) is 24.5 Å². The number of hydrogen-bond acceptors (Lipinski definition) is 4. The van der Waals surface area contributed by atoms with Gasteiger partial charge in [0.1, 0.15) is 0 Å². The molecule has 0 bridgehead atoms. The van der Waals surface area contributed by atoms with Crippen molar-refractivity contribution in [1.82, 2.24) is 19.7 Å². The highest BCUT2D eigenvalue weighted by molar-refractivity contribution is 6.33. The van der Waals surface area contributed by atoms with E-state index in [-0.39, 0.29) is 5.56 Å². The topological polar surface area (TPSA) is 55.1 Å². The van der Waals surface area contributed by atoms with Crippen LogP contribution in [0.4, 0.5) is 11.4 Å². The summed E-state index contributed by atoms with van der Waals surface area (Å²) >= 11 is 6.91. The maximum absolute atomic E-state index is 12.5. The first kappa shape index (κ1) is 22.4. The fraction of sp³-hybridized carbons (Fsp3) is 0.357. The molecule has 0 radical (unpaired) electrons. The minimum atomic E-state index is 0.0476. The van der Waals surface area contributed by atoms with E-state index in [1.54, 1.807) is 4.57 Å². The highest BCUT2D eigenvalue weighted by atomic mass is 35.5. The second-order valence-electron chi connectivity index (χ2n) is 9.81. The van der Waals surface area contributed by atoms with Crippen LogP contribution in [0.15, 0.2) is 53.6 Å². The van der Waals surface area contributed by atoms with Crippen molar-refractivity contribution in [3.63, 3.8) is 0 Å². The Morgan fingerprint density at radius 1 is 1.11 bits per heavy atom. The molecular weight excluding hydrogens is 458 g/mol. The number of aryl methyl sites for hydroxylation is 3. The van der Waals surface area contributed by atoms with Crippen LogP contribution in [0.25, 0.3) is 22.0 Å². The number of hydrogen-bond donors (Lipinski definition) is 1. The predicted molar refractivity (Wildman–Crippen MR) is 143 cm³/mol. The van der Waals surface area contributed by atoms with Crippen molar-refractivity contribution in [2.45, 2.75) is 38.6 Å². The summed E-state index contributed by atoms with van der Waals surface area (Å²) in [5.74, 6) is 0. The van der Waals surface area contributed by atoms with Crippen molar-refractivity contribution in [1.29, 1.82) is 0 Å². The number of aromatic nitrogens is 3. The van der Waals surface area contributed by atoms with E-state index in [9.17, 15) is 4.79 Å².